The molecule has 1 fully saturated rings. The zero-order valence-corrected chi connectivity index (χ0v) is 12.6. The standard InChI is InChI=1S/C15H20O4S/c1-15(14(16)17,11-5-3-4-6-11)12-7-9-13(10-8-12)20(2,18)19/h7-11H,3-6H2,1-2H3,(H,16,17). The summed E-state index contributed by atoms with van der Waals surface area (Å²) in [5.41, 5.74) is -0.253. The third-order valence-electron chi connectivity index (χ3n) is 4.50. The molecular weight excluding hydrogens is 276 g/mol. The minimum Gasteiger partial charge on any atom is -0.481 e. The van der Waals surface area contributed by atoms with E-state index in [1.807, 2.05) is 0 Å². The molecule has 1 N–H and O–H groups in total. The molecule has 1 unspecified atom stereocenters. The van der Waals surface area contributed by atoms with Crippen LogP contribution in [-0.4, -0.2) is 25.7 Å². The molecule has 1 atom stereocenters. The number of carboxylic acids is 1. The maximum Gasteiger partial charge on any atom is 0.314 e. The average Bonchev–Trinajstić information content (AvgIpc) is 2.91. The van der Waals surface area contributed by atoms with Gasteiger partial charge in [0.05, 0.1) is 10.3 Å². The second-order valence-corrected chi connectivity index (χ2v) is 7.80. The molecule has 2 rings (SSSR count). The van der Waals surface area contributed by atoms with Crippen LogP contribution in [0.5, 0.6) is 0 Å². The Morgan fingerprint density at radius 3 is 2.10 bits per heavy atom. The van der Waals surface area contributed by atoms with E-state index in [2.05, 4.69) is 0 Å². The van der Waals surface area contributed by atoms with Crippen molar-refractivity contribution in [3.8, 4) is 0 Å². The van der Waals surface area contributed by atoms with Gasteiger partial charge in [0, 0.05) is 6.26 Å². The van der Waals surface area contributed by atoms with E-state index in [1.54, 1.807) is 19.1 Å². The Hall–Kier alpha value is -1.36. The Kier molecular flexibility index (Phi) is 3.91. The van der Waals surface area contributed by atoms with Gasteiger partial charge in [0.25, 0.3) is 0 Å². The summed E-state index contributed by atoms with van der Waals surface area (Å²) in [6.45, 7) is 1.75. The number of carboxylic acid groups (broad SMARTS) is 1. The van der Waals surface area contributed by atoms with Crippen LogP contribution in [0.15, 0.2) is 29.2 Å². The van der Waals surface area contributed by atoms with Crippen molar-refractivity contribution in [2.45, 2.75) is 42.9 Å². The van der Waals surface area contributed by atoms with Gasteiger partial charge >= 0.3 is 5.97 Å². The maximum atomic E-state index is 11.8. The molecule has 110 valence electrons. The molecule has 1 saturated carbocycles. The Morgan fingerprint density at radius 1 is 1.20 bits per heavy atom. The lowest BCUT2D eigenvalue weighted by Crippen LogP contribution is -2.39. The van der Waals surface area contributed by atoms with Gasteiger partial charge in [0.2, 0.25) is 0 Å². The molecule has 0 spiro atoms. The third kappa shape index (κ3) is 2.59. The fourth-order valence-corrected chi connectivity index (χ4v) is 3.72. The van der Waals surface area contributed by atoms with E-state index in [-0.39, 0.29) is 10.8 Å². The average molecular weight is 296 g/mol. The quantitative estimate of drug-likeness (QED) is 0.927. The topological polar surface area (TPSA) is 71.4 Å². The molecule has 1 aromatic rings. The second-order valence-electron chi connectivity index (χ2n) is 5.79. The molecule has 0 aromatic heterocycles. The van der Waals surface area contributed by atoms with Crippen LogP contribution in [0.25, 0.3) is 0 Å². The molecule has 4 nitrogen and oxygen atoms in total. The number of aliphatic carboxylic acids is 1. The molecule has 0 heterocycles. The molecule has 0 saturated heterocycles. The van der Waals surface area contributed by atoms with Crippen LogP contribution in [0.2, 0.25) is 0 Å². The van der Waals surface area contributed by atoms with E-state index in [9.17, 15) is 18.3 Å². The van der Waals surface area contributed by atoms with E-state index in [0.717, 1.165) is 31.9 Å². The predicted octanol–water partition coefficient (Wildman–Crippen LogP) is 2.62. The van der Waals surface area contributed by atoms with Crippen LogP contribution in [0.4, 0.5) is 0 Å². The van der Waals surface area contributed by atoms with Crippen molar-refractivity contribution in [2.24, 2.45) is 5.92 Å². The number of sulfone groups is 1. The summed E-state index contributed by atoms with van der Waals surface area (Å²) >= 11 is 0. The SMILES string of the molecule is CC(C(=O)O)(c1ccc(S(C)(=O)=O)cc1)C1CCCC1. The van der Waals surface area contributed by atoms with Crippen molar-refractivity contribution in [1.29, 1.82) is 0 Å². The van der Waals surface area contributed by atoms with E-state index in [1.165, 1.54) is 12.1 Å². The summed E-state index contributed by atoms with van der Waals surface area (Å²) in [5.74, 6) is -0.722. The van der Waals surface area contributed by atoms with Gasteiger partial charge in [-0.05, 0) is 43.4 Å². The van der Waals surface area contributed by atoms with Crippen LogP contribution >= 0.6 is 0 Å². The van der Waals surface area contributed by atoms with Crippen molar-refractivity contribution >= 4 is 15.8 Å². The Bertz CT molecular complexity index is 597. The van der Waals surface area contributed by atoms with Gasteiger partial charge in [-0.15, -0.1) is 0 Å². The van der Waals surface area contributed by atoms with Gasteiger partial charge in [0.1, 0.15) is 0 Å². The zero-order valence-electron chi connectivity index (χ0n) is 11.8. The number of rotatable bonds is 4. The summed E-state index contributed by atoms with van der Waals surface area (Å²) in [6, 6.07) is 6.28. The van der Waals surface area contributed by atoms with Gasteiger partial charge in [-0.25, -0.2) is 8.42 Å². The Morgan fingerprint density at radius 2 is 1.70 bits per heavy atom. The molecule has 0 aliphatic heterocycles. The van der Waals surface area contributed by atoms with E-state index >= 15 is 0 Å². The summed E-state index contributed by atoms with van der Waals surface area (Å²) in [6.07, 6.45) is 5.10. The maximum absolute atomic E-state index is 11.8. The number of benzene rings is 1. The van der Waals surface area contributed by atoms with Crippen molar-refractivity contribution in [1.82, 2.24) is 0 Å². The second kappa shape index (κ2) is 5.20. The van der Waals surface area contributed by atoms with Crippen LogP contribution in [0, 0.1) is 5.92 Å². The van der Waals surface area contributed by atoms with Gasteiger partial charge in [-0.1, -0.05) is 25.0 Å². The van der Waals surface area contributed by atoms with Gasteiger partial charge in [-0.3, -0.25) is 4.79 Å². The van der Waals surface area contributed by atoms with E-state index in [0.29, 0.717) is 5.56 Å². The predicted molar refractivity (Wildman–Crippen MR) is 76.5 cm³/mol. The summed E-state index contributed by atoms with van der Waals surface area (Å²) < 4.78 is 22.9. The highest BCUT2D eigenvalue weighted by atomic mass is 32.2. The first-order chi connectivity index (χ1) is 9.26. The highest BCUT2D eigenvalue weighted by molar-refractivity contribution is 7.90. The van der Waals surface area contributed by atoms with Crippen LogP contribution in [0.1, 0.15) is 38.2 Å². The molecule has 0 amide bonds. The van der Waals surface area contributed by atoms with Crippen molar-refractivity contribution in [2.75, 3.05) is 6.26 Å². The van der Waals surface area contributed by atoms with E-state index in [4.69, 9.17) is 0 Å². The number of hydrogen-bond donors (Lipinski definition) is 1. The summed E-state index contributed by atoms with van der Waals surface area (Å²) in [4.78, 5) is 12.0. The third-order valence-corrected chi connectivity index (χ3v) is 5.63. The fourth-order valence-electron chi connectivity index (χ4n) is 3.09. The van der Waals surface area contributed by atoms with Crippen LogP contribution in [-0.2, 0) is 20.0 Å². The Balaban J connectivity index is 2.42. The first-order valence-electron chi connectivity index (χ1n) is 6.80. The smallest absolute Gasteiger partial charge is 0.314 e. The fraction of sp³-hybridized carbons (Fsp3) is 0.533. The molecule has 1 aromatic carbocycles. The molecule has 5 heteroatoms. The number of carbonyl (C=O) groups is 1. The molecule has 0 bridgehead atoms. The minimum atomic E-state index is -3.25. The monoisotopic (exact) mass is 296 g/mol. The lowest BCUT2D eigenvalue weighted by Gasteiger charge is -2.32. The van der Waals surface area contributed by atoms with Crippen molar-refractivity contribution < 1.29 is 18.3 Å². The van der Waals surface area contributed by atoms with Crippen molar-refractivity contribution in [3.05, 3.63) is 29.8 Å². The molecule has 1 aliphatic rings. The van der Waals surface area contributed by atoms with Crippen molar-refractivity contribution in [3.63, 3.8) is 0 Å². The highest BCUT2D eigenvalue weighted by Crippen LogP contribution is 2.42. The van der Waals surface area contributed by atoms with Gasteiger partial charge in [-0.2, -0.15) is 0 Å². The van der Waals surface area contributed by atoms with Gasteiger partial charge in [0.15, 0.2) is 9.84 Å². The Labute approximate surface area is 119 Å². The zero-order chi connectivity index (χ0) is 15.0. The first-order valence-corrected chi connectivity index (χ1v) is 8.69. The lowest BCUT2D eigenvalue weighted by molar-refractivity contribution is -0.145. The largest absolute Gasteiger partial charge is 0.481 e. The molecule has 20 heavy (non-hydrogen) atoms. The highest BCUT2D eigenvalue weighted by Gasteiger charge is 2.44. The normalized spacial score (nSPS) is 19.7. The number of hydrogen-bond acceptors (Lipinski definition) is 3. The van der Waals surface area contributed by atoms with Crippen LogP contribution in [0.3, 0.4) is 0 Å². The molecular formula is C15H20O4S. The minimum absolute atomic E-state index is 0.115. The summed E-state index contributed by atoms with van der Waals surface area (Å²) in [5, 5.41) is 9.66. The summed E-state index contributed by atoms with van der Waals surface area (Å²) in [7, 11) is -3.25. The van der Waals surface area contributed by atoms with E-state index < -0.39 is 21.2 Å². The molecule has 1 aliphatic carbocycles. The molecule has 0 radical (unpaired) electrons. The lowest BCUT2D eigenvalue weighted by atomic mass is 9.71. The first kappa shape index (κ1) is 15.0. The van der Waals surface area contributed by atoms with Gasteiger partial charge < -0.3 is 5.11 Å². The van der Waals surface area contributed by atoms with Crippen LogP contribution < -0.4 is 0 Å².